The van der Waals surface area contributed by atoms with Crippen molar-refractivity contribution in [1.82, 2.24) is 5.32 Å². The van der Waals surface area contributed by atoms with E-state index in [1.54, 1.807) is 0 Å². The van der Waals surface area contributed by atoms with Gasteiger partial charge in [-0.2, -0.15) is 0 Å². The van der Waals surface area contributed by atoms with Crippen LogP contribution >= 0.6 is 0 Å². The second kappa shape index (κ2) is 6.47. The Labute approximate surface area is 165 Å². The van der Waals surface area contributed by atoms with Crippen molar-refractivity contribution >= 4 is 17.5 Å². The monoisotopic (exact) mass is 374 g/mol. The van der Waals surface area contributed by atoms with Crippen LogP contribution in [0.15, 0.2) is 42.5 Å². The van der Waals surface area contributed by atoms with Crippen LogP contribution < -0.4 is 10.6 Å². The lowest BCUT2D eigenvalue weighted by Crippen LogP contribution is -2.43. The molecular weight excluding hydrogens is 348 g/mol. The number of hydrogen-bond acceptors (Lipinski definition) is 2. The fraction of sp³-hybridized carbons (Fsp3) is 0.417. The number of aryl methyl sites for hydroxylation is 1. The Balaban J connectivity index is 1.51. The number of rotatable bonds is 3. The summed E-state index contributed by atoms with van der Waals surface area (Å²) in [6.07, 6.45) is 6.51. The van der Waals surface area contributed by atoms with Gasteiger partial charge in [0.2, 0.25) is 5.91 Å². The third-order valence-electron chi connectivity index (χ3n) is 7.24. The normalized spacial score (nSPS) is 28.0. The van der Waals surface area contributed by atoms with Crippen molar-refractivity contribution in [3.05, 3.63) is 64.7 Å². The highest BCUT2D eigenvalue weighted by molar-refractivity contribution is 6.04. The van der Waals surface area contributed by atoms with Crippen molar-refractivity contribution in [2.45, 2.75) is 51.5 Å². The molecule has 3 fully saturated rings. The molecule has 4 aliphatic rings. The van der Waals surface area contributed by atoms with E-state index in [1.807, 2.05) is 30.3 Å². The first-order chi connectivity index (χ1) is 13.6. The number of benzene rings is 2. The lowest BCUT2D eigenvalue weighted by molar-refractivity contribution is -0.131. The molecule has 3 aliphatic carbocycles. The first-order valence-corrected chi connectivity index (χ1v) is 10.4. The summed E-state index contributed by atoms with van der Waals surface area (Å²) in [7, 11) is 0. The third kappa shape index (κ3) is 2.66. The molecule has 3 saturated carbocycles. The van der Waals surface area contributed by atoms with Crippen LogP contribution in [0.25, 0.3) is 0 Å². The van der Waals surface area contributed by atoms with Gasteiger partial charge in [0.05, 0.1) is 6.04 Å². The lowest BCUT2D eigenvalue weighted by Gasteiger charge is -2.45. The molecule has 2 aromatic carbocycles. The number of carbonyl (C=O) groups excluding carboxylic acids is 2. The van der Waals surface area contributed by atoms with E-state index in [2.05, 4.69) is 29.7 Å². The predicted octanol–water partition coefficient (Wildman–Crippen LogP) is 4.74. The summed E-state index contributed by atoms with van der Waals surface area (Å²) in [5, 5.41) is 6.35. The van der Waals surface area contributed by atoms with Crippen LogP contribution in [0.3, 0.4) is 0 Å². The Bertz CT molecular complexity index is 943. The fourth-order valence-electron chi connectivity index (χ4n) is 5.45. The summed E-state index contributed by atoms with van der Waals surface area (Å²) in [5.74, 6) is 0.889. The molecular formula is C24H26N2O2. The zero-order chi connectivity index (χ0) is 19.3. The smallest absolute Gasteiger partial charge is 0.252 e. The average Bonchev–Trinajstić information content (AvgIpc) is 3.07. The molecule has 6 rings (SSSR count). The summed E-state index contributed by atoms with van der Waals surface area (Å²) in [6.45, 7) is 2.06. The van der Waals surface area contributed by atoms with Gasteiger partial charge in [-0.25, -0.2) is 0 Å². The van der Waals surface area contributed by atoms with Crippen LogP contribution in [0.5, 0.6) is 0 Å². The highest BCUT2D eigenvalue weighted by Crippen LogP contribution is 2.51. The molecule has 0 radical (unpaired) electrons. The van der Waals surface area contributed by atoms with Gasteiger partial charge in [0.1, 0.15) is 0 Å². The number of amides is 2. The summed E-state index contributed by atoms with van der Waals surface area (Å²) in [5.41, 5.74) is 4.33. The first kappa shape index (κ1) is 17.5. The molecule has 2 N–H and O–H groups in total. The molecule has 28 heavy (non-hydrogen) atoms. The number of hydrogen-bond donors (Lipinski definition) is 2. The van der Waals surface area contributed by atoms with Gasteiger partial charge in [0.25, 0.3) is 5.91 Å². The maximum Gasteiger partial charge on any atom is 0.252 e. The Hall–Kier alpha value is -2.62. The summed E-state index contributed by atoms with van der Waals surface area (Å²) in [6, 6.07) is 13.5. The molecule has 4 nitrogen and oxygen atoms in total. The molecule has 2 bridgehead atoms. The van der Waals surface area contributed by atoms with Crippen LogP contribution in [-0.2, 0) is 4.79 Å². The van der Waals surface area contributed by atoms with E-state index in [0.717, 1.165) is 47.6 Å². The average molecular weight is 374 g/mol. The maximum atomic E-state index is 13.3. The predicted molar refractivity (Wildman–Crippen MR) is 109 cm³/mol. The Kier molecular flexibility index (Phi) is 4.04. The molecule has 0 aromatic heterocycles. The molecule has 1 heterocycles. The Morgan fingerprint density at radius 2 is 1.75 bits per heavy atom. The largest absolute Gasteiger partial charge is 0.341 e. The molecule has 0 saturated heterocycles. The molecule has 1 unspecified atom stereocenters. The molecule has 2 aromatic rings. The van der Waals surface area contributed by atoms with Crippen LogP contribution in [0, 0.1) is 18.3 Å². The van der Waals surface area contributed by atoms with Gasteiger partial charge in [-0.3, -0.25) is 9.59 Å². The van der Waals surface area contributed by atoms with Gasteiger partial charge in [-0.1, -0.05) is 30.3 Å². The van der Waals surface area contributed by atoms with Crippen molar-refractivity contribution in [3.8, 4) is 0 Å². The van der Waals surface area contributed by atoms with E-state index < -0.39 is 0 Å². The molecule has 1 atom stereocenters. The highest BCUT2D eigenvalue weighted by Gasteiger charge is 2.46. The SMILES string of the molecule is Cc1ccccc1C1NC(=O)c2cccc(NC(=O)C34CCC(CC3)CC4)c21. The van der Waals surface area contributed by atoms with Gasteiger partial charge < -0.3 is 10.6 Å². The molecule has 144 valence electrons. The number of fused-ring (bicyclic) bond motifs is 4. The maximum absolute atomic E-state index is 13.3. The second-order valence-electron chi connectivity index (χ2n) is 8.75. The van der Waals surface area contributed by atoms with E-state index >= 15 is 0 Å². The van der Waals surface area contributed by atoms with E-state index in [-0.39, 0.29) is 23.3 Å². The summed E-state index contributed by atoms with van der Waals surface area (Å²) >= 11 is 0. The zero-order valence-corrected chi connectivity index (χ0v) is 16.3. The minimum Gasteiger partial charge on any atom is -0.341 e. The standard InChI is InChI=1S/C24H26N2O2/c1-15-5-2-3-6-17(15)21-20-18(22(27)26-21)7-4-8-19(20)25-23(28)24-12-9-16(10-13-24)11-14-24/h2-8,16,21H,9-14H2,1H3,(H,25,28)(H,26,27). The third-order valence-corrected chi connectivity index (χ3v) is 7.24. The van der Waals surface area contributed by atoms with Gasteiger partial charge in [0, 0.05) is 22.2 Å². The molecule has 2 amide bonds. The van der Waals surface area contributed by atoms with E-state index in [1.165, 1.54) is 19.3 Å². The Morgan fingerprint density at radius 1 is 1.04 bits per heavy atom. The lowest BCUT2D eigenvalue weighted by atomic mass is 9.60. The molecule has 1 aliphatic heterocycles. The minimum absolute atomic E-state index is 0.0734. The van der Waals surface area contributed by atoms with Gasteiger partial charge in [0.15, 0.2) is 0 Å². The number of nitrogens with one attached hydrogen (secondary N) is 2. The number of anilines is 1. The molecule has 4 heteroatoms. The van der Waals surface area contributed by atoms with Crippen LogP contribution in [0.1, 0.15) is 71.6 Å². The van der Waals surface area contributed by atoms with Gasteiger partial charge in [-0.05, 0) is 74.6 Å². The fourth-order valence-corrected chi connectivity index (χ4v) is 5.45. The number of carbonyl (C=O) groups is 2. The van der Waals surface area contributed by atoms with E-state index in [4.69, 9.17) is 0 Å². The van der Waals surface area contributed by atoms with Crippen molar-refractivity contribution in [2.24, 2.45) is 11.3 Å². The zero-order valence-electron chi connectivity index (χ0n) is 16.3. The topological polar surface area (TPSA) is 58.2 Å². The van der Waals surface area contributed by atoms with Gasteiger partial charge in [-0.15, -0.1) is 0 Å². The first-order valence-electron chi connectivity index (χ1n) is 10.4. The van der Waals surface area contributed by atoms with Crippen molar-refractivity contribution in [1.29, 1.82) is 0 Å². The van der Waals surface area contributed by atoms with Crippen molar-refractivity contribution in [2.75, 3.05) is 5.32 Å². The van der Waals surface area contributed by atoms with Crippen LogP contribution in [0.2, 0.25) is 0 Å². The highest BCUT2D eigenvalue weighted by atomic mass is 16.2. The van der Waals surface area contributed by atoms with Gasteiger partial charge >= 0.3 is 0 Å². The Morgan fingerprint density at radius 3 is 2.46 bits per heavy atom. The summed E-state index contributed by atoms with van der Waals surface area (Å²) < 4.78 is 0. The quantitative estimate of drug-likeness (QED) is 0.815. The second-order valence-corrected chi connectivity index (χ2v) is 8.75. The summed E-state index contributed by atoms with van der Waals surface area (Å²) in [4.78, 5) is 25.9. The molecule has 0 spiro atoms. The minimum atomic E-state index is -0.222. The van der Waals surface area contributed by atoms with Crippen LogP contribution in [0.4, 0.5) is 5.69 Å². The van der Waals surface area contributed by atoms with Crippen LogP contribution in [-0.4, -0.2) is 11.8 Å². The van der Waals surface area contributed by atoms with E-state index in [0.29, 0.717) is 5.56 Å². The van der Waals surface area contributed by atoms with Crippen molar-refractivity contribution < 1.29 is 9.59 Å². The van der Waals surface area contributed by atoms with E-state index in [9.17, 15) is 9.59 Å². The van der Waals surface area contributed by atoms with Crippen molar-refractivity contribution in [3.63, 3.8) is 0 Å².